The van der Waals surface area contributed by atoms with Crippen LogP contribution in [-0.4, -0.2) is 48.5 Å². The highest BCUT2D eigenvalue weighted by Gasteiger charge is 2.29. The number of carbonyl (C=O) groups is 1. The van der Waals surface area contributed by atoms with Gasteiger partial charge in [-0.15, -0.1) is 24.0 Å². The zero-order chi connectivity index (χ0) is 18.0. The Hall–Kier alpha value is -0.960. The number of hydrogen-bond donors (Lipinski definition) is 3. The van der Waals surface area contributed by atoms with Crippen LogP contribution in [0.25, 0.3) is 0 Å². The third kappa shape index (κ3) is 8.62. The summed E-state index contributed by atoms with van der Waals surface area (Å²) in [5.41, 5.74) is 1.23. The number of nitrogens with one attached hydrogen (secondary N) is 3. The zero-order valence-electron chi connectivity index (χ0n) is 15.7. The molecule has 0 radical (unpaired) electrons. The monoisotopic (exact) mass is 490 g/mol. The number of rotatable bonds is 8. The van der Waals surface area contributed by atoms with Crippen LogP contribution in [0.15, 0.2) is 35.3 Å². The number of aliphatic imine (C=N–C) groups is 1. The van der Waals surface area contributed by atoms with E-state index in [1.807, 2.05) is 36.9 Å². The van der Waals surface area contributed by atoms with Crippen molar-refractivity contribution in [3.05, 3.63) is 35.9 Å². The molecule has 0 aromatic heterocycles. The van der Waals surface area contributed by atoms with E-state index in [-0.39, 0.29) is 41.2 Å². The van der Waals surface area contributed by atoms with Gasteiger partial charge in [0.05, 0.1) is 0 Å². The van der Waals surface area contributed by atoms with E-state index >= 15 is 0 Å². The number of amides is 1. The van der Waals surface area contributed by atoms with Crippen molar-refractivity contribution in [3.63, 3.8) is 0 Å². The Morgan fingerprint density at radius 2 is 2.00 bits per heavy atom. The molecular weight excluding hydrogens is 459 g/mol. The first-order valence-electron chi connectivity index (χ1n) is 9.08. The van der Waals surface area contributed by atoms with Crippen LogP contribution in [0.4, 0.5) is 0 Å². The molecule has 1 atom stereocenters. The number of nitrogens with zero attached hydrogens (tertiary/aromatic N) is 1. The molecule has 5 nitrogen and oxygen atoms in total. The van der Waals surface area contributed by atoms with Crippen molar-refractivity contribution in [1.82, 2.24) is 16.0 Å². The van der Waals surface area contributed by atoms with Gasteiger partial charge >= 0.3 is 0 Å². The second-order valence-corrected chi connectivity index (χ2v) is 8.22. The maximum atomic E-state index is 12.0. The number of thioether (sulfide) groups is 1. The van der Waals surface area contributed by atoms with Crippen LogP contribution in [0.3, 0.4) is 0 Å². The van der Waals surface area contributed by atoms with Gasteiger partial charge in [-0.2, -0.15) is 11.8 Å². The standard InChI is InChI=1S/C19H30N4OS.HI/c1-3-20-18(23-15-19(2)11-7-13-25-19)22-14-17(24)21-12-10-16-8-5-4-6-9-16;/h4-6,8-9H,3,7,10-15H2,1-2H3,(H,21,24)(H2,20,22,23);1H. The molecule has 0 spiro atoms. The van der Waals surface area contributed by atoms with E-state index in [1.54, 1.807) is 0 Å². The minimum Gasteiger partial charge on any atom is -0.357 e. The number of guanidine groups is 1. The Kier molecular flexibility index (Phi) is 11.0. The summed E-state index contributed by atoms with van der Waals surface area (Å²) in [7, 11) is 0. The molecule has 2 rings (SSSR count). The first kappa shape index (κ1) is 23.1. The lowest BCUT2D eigenvalue weighted by molar-refractivity contribution is -0.119. The molecule has 0 aliphatic carbocycles. The smallest absolute Gasteiger partial charge is 0.241 e. The van der Waals surface area contributed by atoms with Crippen LogP contribution in [0, 0.1) is 0 Å². The summed E-state index contributed by atoms with van der Waals surface area (Å²) in [5, 5.41) is 9.52. The molecule has 146 valence electrons. The Balaban J connectivity index is 0.00000338. The van der Waals surface area contributed by atoms with Gasteiger partial charge in [-0.3, -0.25) is 4.79 Å². The van der Waals surface area contributed by atoms with Crippen LogP contribution in [0.1, 0.15) is 32.3 Å². The van der Waals surface area contributed by atoms with Crippen molar-refractivity contribution in [1.29, 1.82) is 0 Å². The van der Waals surface area contributed by atoms with E-state index in [0.717, 1.165) is 25.5 Å². The van der Waals surface area contributed by atoms with Crippen LogP contribution in [0.2, 0.25) is 0 Å². The maximum Gasteiger partial charge on any atom is 0.241 e. The van der Waals surface area contributed by atoms with E-state index in [0.29, 0.717) is 6.54 Å². The first-order chi connectivity index (χ1) is 12.1. The Morgan fingerprint density at radius 3 is 2.65 bits per heavy atom. The van der Waals surface area contributed by atoms with Gasteiger partial charge in [0.25, 0.3) is 0 Å². The number of halogens is 1. The van der Waals surface area contributed by atoms with Gasteiger partial charge < -0.3 is 16.0 Å². The van der Waals surface area contributed by atoms with Gasteiger partial charge in [-0.1, -0.05) is 30.3 Å². The van der Waals surface area contributed by atoms with E-state index in [4.69, 9.17) is 0 Å². The molecule has 0 saturated carbocycles. The Labute approximate surface area is 178 Å². The predicted molar refractivity (Wildman–Crippen MR) is 123 cm³/mol. The minimum atomic E-state index is -0.0467. The number of hydrogen-bond acceptors (Lipinski definition) is 3. The van der Waals surface area contributed by atoms with Gasteiger partial charge in [-0.05, 0) is 44.4 Å². The molecule has 7 heteroatoms. The molecular formula is C19H31IN4OS. The molecule has 1 aromatic rings. The van der Waals surface area contributed by atoms with Gasteiger partial charge in [0.2, 0.25) is 5.91 Å². The van der Waals surface area contributed by atoms with Crippen LogP contribution in [-0.2, 0) is 11.2 Å². The molecule has 0 bridgehead atoms. The highest BCUT2D eigenvalue weighted by atomic mass is 127. The van der Waals surface area contributed by atoms with Crippen molar-refractivity contribution in [2.75, 3.05) is 31.9 Å². The van der Waals surface area contributed by atoms with Crippen molar-refractivity contribution in [2.24, 2.45) is 4.99 Å². The summed E-state index contributed by atoms with van der Waals surface area (Å²) in [4.78, 5) is 16.4. The second kappa shape index (κ2) is 12.4. The molecule has 3 N–H and O–H groups in total. The average Bonchev–Trinajstić information content (AvgIpc) is 3.05. The fraction of sp³-hybridized carbons (Fsp3) is 0.579. The molecule has 26 heavy (non-hydrogen) atoms. The van der Waals surface area contributed by atoms with Crippen LogP contribution in [0.5, 0.6) is 0 Å². The Morgan fingerprint density at radius 1 is 1.23 bits per heavy atom. The summed E-state index contributed by atoms with van der Waals surface area (Å²) >= 11 is 2.01. The minimum absolute atomic E-state index is 0. The van der Waals surface area contributed by atoms with Crippen molar-refractivity contribution < 1.29 is 4.79 Å². The molecule has 1 aromatic carbocycles. The lowest BCUT2D eigenvalue weighted by atomic mass is 10.1. The van der Waals surface area contributed by atoms with Crippen molar-refractivity contribution in [3.8, 4) is 0 Å². The molecule has 1 amide bonds. The molecule has 1 fully saturated rings. The summed E-state index contributed by atoms with van der Waals surface area (Å²) < 4.78 is 0.272. The van der Waals surface area contributed by atoms with Gasteiger partial charge in [0.15, 0.2) is 5.96 Å². The SMILES string of the molecule is CCNC(=NCC(=O)NCCc1ccccc1)NCC1(C)CCCS1.I. The highest BCUT2D eigenvalue weighted by molar-refractivity contribution is 14.0. The normalized spacial score (nSPS) is 19.5. The summed E-state index contributed by atoms with van der Waals surface area (Å²) in [6.45, 7) is 6.76. The molecule has 1 unspecified atom stereocenters. The average molecular weight is 490 g/mol. The van der Waals surface area contributed by atoms with E-state index < -0.39 is 0 Å². The van der Waals surface area contributed by atoms with Crippen molar-refractivity contribution in [2.45, 2.75) is 37.9 Å². The predicted octanol–water partition coefficient (Wildman–Crippen LogP) is 2.80. The quantitative estimate of drug-likeness (QED) is 0.298. The molecule has 1 heterocycles. The second-order valence-electron chi connectivity index (χ2n) is 6.54. The molecule has 1 aliphatic rings. The van der Waals surface area contributed by atoms with Gasteiger partial charge in [-0.25, -0.2) is 4.99 Å². The number of carbonyl (C=O) groups excluding carboxylic acids is 1. The highest BCUT2D eigenvalue weighted by Crippen LogP contribution is 2.36. The van der Waals surface area contributed by atoms with Gasteiger partial charge in [0.1, 0.15) is 6.54 Å². The van der Waals surface area contributed by atoms with E-state index in [2.05, 4.69) is 40.0 Å². The third-order valence-electron chi connectivity index (χ3n) is 4.23. The lowest BCUT2D eigenvalue weighted by Crippen LogP contribution is -2.44. The largest absolute Gasteiger partial charge is 0.357 e. The van der Waals surface area contributed by atoms with Crippen molar-refractivity contribution >= 4 is 47.6 Å². The van der Waals surface area contributed by atoms with E-state index in [9.17, 15) is 4.79 Å². The summed E-state index contributed by atoms with van der Waals surface area (Å²) in [6, 6.07) is 10.2. The lowest BCUT2D eigenvalue weighted by Gasteiger charge is -2.24. The van der Waals surface area contributed by atoms with Gasteiger partial charge in [0, 0.05) is 24.4 Å². The maximum absolute atomic E-state index is 12.0. The van der Waals surface area contributed by atoms with Crippen LogP contribution >= 0.6 is 35.7 Å². The summed E-state index contributed by atoms with van der Waals surface area (Å²) in [6.07, 6.45) is 3.34. The fourth-order valence-electron chi connectivity index (χ4n) is 2.79. The van der Waals surface area contributed by atoms with Crippen LogP contribution < -0.4 is 16.0 Å². The third-order valence-corrected chi connectivity index (χ3v) is 5.77. The zero-order valence-corrected chi connectivity index (χ0v) is 18.9. The summed E-state index contributed by atoms with van der Waals surface area (Å²) in [5.74, 6) is 1.90. The number of benzene rings is 1. The Bertz CT molecular complexity index is 562. The topological polar surface area (TPSA) is 65.5 Å². The fourth-order valence-corrected chi connectivity index (χ4v) is 4.03. The van der Waals surface area contributed by atoms with E-state index in [1.165, 1.54) is 24.2 Å². The first-order valence-corrected chi connectivity index (χ1v) is 10.1. The molecule has 1 aliphatic heterocycles. The molecule has 1 saturated heterocycles.